The molecule has 2 aromatic rings. The second-order valence-corrected chi connectivity index (χ2v) is 5.55. The first-order valence-electron chi connectivity index (χ1n) is 6.45. The second kappa shape index (κ2) is 5.31. The number of benzene rings is 1. The minimum atomic E-state index is 0.919. The van der Waals surface area contributed by atoms with Crippen LogP contribution in [-0.4, -0.2) is 18.1 Å². The Morgan fingerprint density at radius 1 is 1.21 bits per heavy atom. The average molecular weight is 318 g/mol. The molecule has 0 fully saturated rings. The van der Waals surface area contributed by atoms with E-state index in [1.807, 2.05) is 6.92 Å². The van der Waals surface area contributed by atoms with Crippen LogP contribution in [0.1, 0.15) is 11.3 Å². The van der Waals surface area contributed by atoms with E-state index in [1.54, 1.807) is 0 Å². The number of nitrogens with one attached hydrogen (secondary N) is 1. The molecule has 3 nitrogen and oxygen atoms in total. The Balaban J connectivity index is 2.06. The van der Waals surface area contributed by atoms with Crippen molar-refractivity contribution in [3.63, 3.8) is 0 Å². The number of pyridine rings is 1. The van der Waals surface area contributed by atoms with Crippen molar-refractivity contribution in [1.82, 2.24) is 10.3 Å². The number of aromatic nitrogens is 1. The normalized spacial score (nSPS) is 14.9. The largest absolute Gasteiger partial charge is 0.325 e. The molecule has 0 bridgehead atoms. The summed E-state index contributed by atoms with van der Waals surface area (Å²) in [6.45, 7) is 4.84. The van der Waals surface area contributed by atoms with Gasteiger partial charge in [-0.25, -0.2) is 4.98 Å². The van der Waals surface area contributed by atoms with Crippen LogP contribution in [0.25, 0.3) is 0 Å². The predicted octanol–water partition coefficient (Wildman–Crippen LogP) is 3.39. The van der Waals surface area contributed by atoms with Crippen LogP contribution in [0, 0.1) is 6.92 Å². The number of hydrogen-bond acceptors (Lipinski definition) is 3. The van der Waals surface area contributed by atoms with Gasteiger partial charge in [0.2, 0.25) is 0 Å². The van der Waals surface area contributed by atoms with Crippen molar-refractivity contribution >= 4 is 27.4 Å². The van der Waals surface area contributed by atoms with E-state index in [0.29, 0.717) is 0 Å². The molecule has 1 aliphatic rings. The third-order valence-corrected chi connectivity index (χ3v) is 4.23. The second-order valence-electron chi connectivity index (χ2n) is 4.69. The number of para-hydroxylation sites is 1. The molecule has 4 heteroatoms. The quantitative estimate of drug-likeness (QED) is 0.873. The van der Waals surface area contributed by atoms with E-state index in [9.17, 15) is 0 Å². The number of anilines is 2. The lowest BCUT2D eigenvalue weighted by Gasteiger charge is -2.24. The summed E-state index contributed by atoms with van der Waals surface area (Å²) >= 11 is 3.51. The topological polar surface area (TPSA) is 28.2 Å². The smallest absolute Gasteiger partial charge is 0.133 e. The summed E-state index contributed by atoms with van der Waals surface area (Å²) in [4.78, 5) is 6.97. The Morgan fingerprint density at radius 3 is 2.89 bits per heavy atom. The van der Waals surface area contributed by atoms with Gasteiger partial charge in [0.05, 0.1) is 5.69 Å². The van der Waals surface area contributed by atoms with E-state index < -0.39 is 0 Å². The zero-order valence-corrected chi connectivity index (χ0v) is 12.4. The number of nitrogens with zero attached hydrogens (tertiary/aromatic N) is 2. The third-order valence-electron chi connectivity index (χ3n) is 3.39. The van der Waals surface area contributed by atoms with Gasteiger partial charge < -0.3 is 10.2 Å². The van der Waals surface area contributed by atoms with Crippen LogP contribution in [0.2, 0.25) is 0 Å². The monoisotopic (exact) mass is 317 g/mol. The van der Waals surface area contributed by atoms with Gasteiger partial charge in [-0.15, -0.1) is 0 Å². The van der Waals surface area contributed by atoms with E-state index in [4.69, 9.17) is 0 Å². The zero-order chi connectivity index (χ0) is 13.2. The van der Waals surface area contributed by atoms with Crippen molar-refractivity contribution < 1.29 is 0 Å². The summed E-state index contributed by atoms with van der Waals surface area (Å²) in [5, 5.41) is 3.45. The summed E-state index contributed by atoms with van der Waals surface area (Å²) in [5.41, 5.74) is 3.59. The molecule has 0 saturated carbocycles. The first-order valence-corrected chi connectivity index (χ1v) is 7.24. The van der Waals surface area contributed by atoms with Crippen molar-refractivity contribution in [2.75, 3.05) is 18.0 Å². The summed E-state index contributed by atoms with van der Waals surface area (Å²) in [5.74, 6) is 1.01. The highest BCUT2D eigenvalue weighted by Gasteiger charge is 2.17. The van der Waals surface area contributed by atoms with Gasteiger partial charge >= 0.3 is 0 Å². The van der Waals surface area contributed by atoms with Gasteiger partial charge in [0.25, 0.3) is 0 Å². The summed E-state index contributed by atoms with van der Waals surface area (Å²) in [7, 11) is 0. The van der Waals surface area contributed by atoms with E-state index in [0.717, 1.165) is 35.6 Å². The molecular formula is C15H16BrN3. The van der Waals surface area contributed by atoms with Crippen LogP contribution >= 0.6 is 15.9 Å². The van der Waals surface area contributed by atoms with Crippen LogP contribution in [0.15, 0.2) is 40.9 Å². The number of halogens is 1. The lowest BCUT2D eigenvalue weighted by atomic mass is 10.1. The first-order chi connectivity index (χ1) is 9.25. The molecule has 2 heterocycles. The fraction of sp³-hybridized carbons (Fsp3) is 0.267. The standard InChI is InChI=1S/C15H16BrN3/c1-11-13(16)6-7-15(18-11)19-9-8-17-10-12-4-2-3-5-14(12)19/h2-7,17H,8-10H2,1H3. The molecule has 1 aromatic heterocycles. The van der Waals surface area contributed by atoms with E-state index in [-0.39, 0.29) is 0 Å². The molecule has 0 radical (unpaired) electrons. The van der Waals surface area contributed by atoms with E-state index >= 15 is 0 Å². The molecule has 0 unspecified atom stereocenters. The Bertz CT molecular complexity index is 598. The molecule has 98 valence electrons. The molecule has 0 spiro atoms. The maximum atomic E-state index is 4.69. The van der Waals surface area contributed by atoms with Crippen molar-refractivity contribution in [2.24, 2.45) is 0 Å². The van der Waals surface area contributed by atoms with Crippen molar-refractivity contribution in [3.8, 4) is 0 Å². The maximum absolute atomic E-state index is 4.69. The molecule has 0 aliphatic carbocycles. The van der Waals surface area contributed by atoms with Gasteiger partial charge in [-0.3, -0.25) is 0 Å². The van der Waals surface area contributed by atoms with Gasteiger partial charge in [-0.1, -0.05) is 18.2 Å². The maximum Gasteiger partial charge on any atom is 0.133 e. The minimum Gasteiger partial charge on any atom is -0.325 e. The molecule has 19 heavy (non-hydrogen) atoms. The van der Waals surface area contributed by atoms with Gasteiger partial charge in [-0.05, 0) is 46.6 Å². The number of rotatable bonds is 1. The summed E-state index contributed by atoms with van der Waals surface area (Å²) < 4.78 is 1.05. The van der Waals surface area contributed by atoms with Crippen LogP contribution in [0.4, 0.5) is 11.5 Å². The van der Waals surface area contributed by atoms with Crippen molar-refractivity contribution in [2.45, 2.75) is 13.5 Å². The molecule has 1 N–H and O–H groups in total. The van der Waals surface area contributed by atoms with Crippen LogP contribution in [0.3, 0.4) is 0 Å². The minimum absolute atomic E-state index is 0.919. The van der Waals surface area contributed by atoms with Gasteiger partial charge in [0.15, 0.2) is 0 Å². The van der Waals surface area contributed by atoms with Crippen LogP contribution in [0.5, 0.6) is 0 Å². The molecule has 0 atom stereocenters. The summed E-state index contributed by atoms with van der Waals surface area (Å²) in [6.07, 6.45) is 0. The highest BCUT2D eigenvalue weighted by atomic mass is 79.9. The zero-order valence-electron chi connectivity index (χ0n) is 10.9. The van der Waals surface area contributed by atoms with Crippen molar-refractivity contribution in [3.05, 3.63) is 52.1 Å². The highest BCUT2D eigenvalue weighted by Crippen LogP contribution is 2.29. The van der Waals surface area contributed by atoms with Crippen LogP contribution < -0.4 is 10.2 Å². The van der Waals surface area contributed by atoms with Gasteiger partial charge in [-0.2, -0.15) is 0 Å². The fourth-order valence-corrected chi connectivity index (χ4v) is 2.60. The molecule has 3 rings (SSSR count). The van der Waals surface area contributed by atoms with Gasteiger partial charge in [0.1, 0.15) is 5.82 Å². The number of aryl methyl sites for hydroxylation is 1. The SMILES string of the molecule is Cc1nc(N2CCNCc3ccccc32)ccc1Br. The predicted molar refractivity (Wildman–Crippen MR) is 81.8 cm³/mol. The Kier molecular flexibility index (Phi) is 3.53. The third kappa shape index (κ3) is 2.51. The van der Waals surface area contributed by atoms with E-state index in [1.165, 1.54) is 11.3 Å². The Hall–Kier alpha value is -1.39. The number of fused-ring (bicyclic) bond motifs is 1. The highest BCUT2D eigenvalue weighted by molar-refractivity contribution is 9.10. The Labute approximate surface area is 121 Å². The van der Waals surface area contributed by atoms with Crippen molar-refractivity contribution in [1.29, 1.82) is 0 Å². The lowest BCUT2D eigenvalue weighted by molar-refractivity contribution is 0.711. The molecule has 1 aliphatic heterocycles. The fourth-order valence-electron chi connectivity index (χ4n) is 2.38. The first kappa shape index (κ1) is 12.6. The molecule has 1 aromatic carbocycles. The Morgan fingerprint density at radius 2 is 2.05 bits per heavy atom. The van der Waals surface area contributed by atoms with E-state index in [2.05, 4.69) is 67.5 Å². The molecular weight excluding hydrogens is 302 g/mol. The van der Waals surface area contributed by atoms with Crippen LogP contribution in [-0.2, 0) is 6.54 Å². The molecule has 0 amide bonds. The van der Waals surface area contributed by atoms with Gasteiger partial charge in [0, 0.05) is 29.8 Å². The molecule has 0 saturated heterocycles. The average Bonchev–Trinajstić information content (AvgIpc) is 2.64. The summed E-state index contributed by atoms with van der Waals surface area (Å²) in [6, 6.07) is 12.7. The number of hydrogen-bond donors (Lipinski definition) is 1. The lowest BCUT2D eigenvalue weighted by Crippen LogP contribution is -2.25.